The molecule has 0 aliphatic carbocycles. The number of benzene rings is 2. The van der Waals surface area contributed by atoms with Gasteiger partial charge in [0.2, 0.25) is 0 Å². The second kappa shape index (κ2) is 8.05. The van der Waals surface area contributed by atoms with Crippen LogP contribution in [-0.2, 0) is 0 Å². The second-order valence-electron chi connectivity index (χ2n) is 8.16. The maximum absolute atomic E-state index is 4.78. The number of aromatic nitrogens is 3. The van der Waals surface area contributed by atoms with Gasteiger partial charge >= 0.3 is 0 Å². The van der Waals surface area contributed by atoms with E-state index in [1.165, 1.54) is 16.8 Å². The highest BCUT2D eigenvalue weighted by Crippen LogP contribution is 2.36. The lowest BCUT2D eigenvalue weighted by atomic mass is 10.0. The third-order valence-corrected chi connectivity index (χ3v) is 6.23. The van der Waals surface area contributed by atoms with Gasteiger partial charge < -0.3 is 10.2 Å². The zero-order chi connectivity index (χ0) is 21.3. The Morgan fingerprint density at radius 1 is 0.875 bits per heavy atom. The minimum Gasteiger partial charge on any atom is -0.369 e. The smallest absolute Gasteiger partial charge is 0.162 e. The van der Waals surface area contributed by atoms with Crippen LogP contribution in [0, 0.1) is 0 Å². The number of para-hydroxylation sites is 1. The first-order valence-electron chi connectivity index (χ1n) is 11.1. The van der Waals surface area contributed by atoms with Gasteiger partial charge in [-0.3, -0.25) is 4.98 Å². The lowest BCUT2D eigenvalue weighted by Gasteiger charge is -2.29. The van der Waals surface area contributed by atoms with Crippen LogP contribution in [0.3, 0.4) is 0 Å². The van der Waals surface area contributed by atoms with Crippen LogP contribution in [0.4, 0.5) is 11.5 Å². The van der Waals surface area contributed by atoms with Crippen molar-refractivity contribution in [1.82, 2.24) is 20.1 Å². The first kappa shape index (κ1) is 19.0. The lowest BCUT2D eigenvalue weighted by molar-refractivity contribution is 0.589. The van der Waals surface area contributed by atoms with E-state index in [1.54, 1.807) is 0 Å². The molecule has 2 aliphatic heterocycles. The summed E-state index contributed by atoms with van der Waals surface area (Å²) in [6.45, 7) is 4.19. The third-order valence-electron chi connectivity index (χ3n) is 6.23. The first-order chi connectivity index (χ1) is 15.9. The van der Waals surface area contributed by atoms with E-state index in [0.29, 0.717) is 0 Å². The van der Waals surface area contributed by atoms with Gasteiger partial charge in [-0.2, -0.15) is 5.10 Å². The van der Waals surface area contributed by atoms with Crippen molar-refractivity contribution in [3.63, 3.8) is 0 Å². The van der Waals surface area contributed by atoms with Crippen molar-refractivity contribution in [3.8, 4) is 11.1 Å². The summed E-state index contributed by atoms with van der Waals surface area (Å²) >= 11 is 0. The lowest BCUT2D eigenvalue weighted by Crippen LogP contribution is -2.43. The Kier molecular flexibility index (Phi) is 4.77. The first-order valence-corrected chi connectivity index (χ1v) is 11.1. The molecule has 2 aliphatic rings. The molecule has 4 aromatic rings. The SMILES string of the molecule is C1=Nc2c(-c3ccnc4ccccc34)cnn2C=C(c2ccc(N3CCNCC3)cc2)C1. The van der Waals surface area contributed by atoms with Gasteiger partial charge in [0.25, 0.3) is 0 Å². The molecular weight excluding hydrogens is 396 g/mol. The summed E-state index contributed by atoms with van der Waals surface area (Å²) in [6.07, 6.45) is 8.62. The monoisotopic (exact) mass is 420 g/mol. The Morgan fingerprint density at radius 2 is 1.72 bits per heavy atom. The number of pyridine rings is 1. The molecule has 6 nitrogen and oxygen atoms in total. The number of fused-ring (bicyclic) bond motifs is 2. The number of aliphatic imine (C=N–C) groups is 1. The van der Waals surface area contributed by atoms with Gasteiger partial charge in [0.05, 0.1) is 11.7 Å². The van der Waals surface area contributed by atoms with E-state index in [0.717, 1.165) is 60.4 Å². The molecule has 1 N–H and O–H groups in total. The molecule has 4 heterocycles. The van der Waals surface area contributed by atoms with Crippen molar-refractivity contribution >= 4 is 40.4 Å². The van der Waals surface area contributed by atoms with Crippen LogP contribution >= 0.6 is 0 Å². The van der Waals surface area contributed by atoms with E-state index < -0.39 is 0 Å². The van der Waals surface area contributed by atoms with Crippen LogP contribution in [0.25, 0.3) is 33.8 Å². The number of hydrogen-bond acceptors (Lipinski definition) is 5. The topological polar surface area (TPSA) is 58.3 Å². The minimum absolute atomic E-state index is 0.771. The standard InChI is InChI=1S/C26H24N6/c1-2-4-25-23(3-1)22(10-12-28-25)24-17-30-32-18-20(9-11-29-26(24)32)19-5-7-21(8-6-19)31-15-13-27-14-16-31/h1-8,10-12,17-18,27H,9,13-16H2. The highest BCUT2D eigenvalue weighted by molar-refractivity contribution is 5.98. The quantitative estimate of drug-likeness (QED) is 0.526. The van der Waals surface area contributed by atoms with Gasteiger partial charge in [0.15, 0.2) is 5.82 Å². The molecule has 2 aromatic carbocycles. The Bertz CT molecular complexity index is 1320. The van der Waals surface area contributed by atoms with Crippen molar-refractivity contribution in [2.75, 3.05) is 31.1 Å². The summed E-state index contributed by atoms with van der Waals surface area (Å²) in [5.41, 5.74) is 6.79. The molecule has 1 fully saturated rings. The molecule has 0 radical (unpaired) electrons. The molecule has 0 saturated carbocycles. The number of nitrogens with one attached hydrogen (secondary N) is 1. The van der Waals surface area contributed by atoms with E-state index in [1.807, 2.05) is 47.6 Å². The molecule has 1 saturated heterocycles. The Labute approximate surface area is 186 Å². The van der Waals surface area contributed by atoms with Crippen LogP contribution in [-0.4, -0.2) is 47.2 Å². The van der Waals surface area contributed by atoms with E-state index in [4.69, 9.17) is 4.99 Å². The van der Waals surface area contributed by atoms with Gasteiger partial charge in [-0.1, -0.05) is 30.3 Å². The number of nitrogens with zero attached hydrogens (tertiary/aromatic N) is 5. The zero-order valence-corrected chi connectivity index (χ0v) is 17.8. The normalized spacial score (nSPS) is 16.0. The molecule has 2 aromatic heterocycles. The Morgan fingerprint density at radius 3 is 2.59 bits per heavy atom. The molecular formula is C26H24N6. The second-order valence-corrected chi connectivity index (χ2v) is 8.16. The highest BCUT2D eigenvalue weighted by atomic mass is 15.3. The van der Waals surface area contributed by atoms with Crippen LogP contribution in [0.5, 0.6) is 0 Å². The van der Waals surface area contributed by atoms with Crippen molar-refractivity contribution in [1.29, 1.82) is 0 Å². The average molecular weight is 421 g/mol. The van der Waals surface area contributed by atoms with Crippen LogP contribution in [0.1, 0.15) is 12.0 Å². The fourth-order valence-electron chi connectivity index (χ4n) is 4.53. The minimum atomic E-state index is 0.771. The van der Waals surface area contributed by atoms with Gasteiger partial charge in [0.1, 0.15) is 0 Å². The van der Waals surface area contributed by atoms with E-state index >= 15 is 0 Å². The van der Waals surface area contributed by atoms with Gasteiger partial charge in [-0.25, -0.2) is 9.67 Å². The molecule has 6 heteroatoms. The molecule has 32 heavy (non-hydrogen) atoms. The molecule has 0 amide bonds. The largest absolute Gasteiger partial charge is 0.369 e. The highest BCUT2D eigenvalue weighted by Gasteiger charge is 2.17. The Hall–Kier alpha value is -3.77. The number of hydrogen-bond donors (Lipinski definition) is 1. The van der Waals surface area contributed by atoms with Crippen LogP contribution in [0.2, 0.25) is 0 Å². The predicted molar refractivity (Wildman–Crippen MR) is 131 cm³/mol. The summed E-state index contributed by atoms with van der Waals surface area (Å²) in [5, 5.41) is 9.18. The van der Waals surface area contributed by atoms with E-state index in [-0.39, 0.29) is 0 Å². The summed E-state index contributed by atoms with van der Waals surface area (Å²) in [4.78, 5) is 11.7. The fraction of sp³-hybridized carbons (Fsp3) is 0.192. The van der Waals surface area contributed by atoms with Crippen molar-refractivity contribution in [2.24, 2.45) is 4.99 Å². The molecule has 0 spiro atoms. The number of allylic oxidation sites excluding steroid dienone is 1. The maximum Gasteiger partial charge on any atom is 0.162 e. The summed E-state index contributed by atoms with van der Waals surface area (Å²) in [5.74, 6) is 0.855. The average Bonchev–Trinajstić information content (AvgIpc) is 3.13. The zero-order valence-electron chi connectivity index (χ0n) is 17.8. The van der Waals surface area contributed by atoms with E-state index in [9.17, 15) is 0 Å². The summed E-state index contributed by atoms with van der Waals surface area (Å²) in [7, 11) is 0. The molecule has 0 bridgehead atoms. The predicted octanol–water partition coefficient (Wildman–Crippen LogP) is 4.61. The van der Waals surface area contributed by atoms with Crippen molar-refractivity contribution in [2.45, 2.75) is 6.42 Å². The fourth-order valence-corrected chi connectivity index (χ4v) is 4.53. The number of rotatable bonds is 3. The Balaban J connectivity index is 1.35. The van der Waals surface area contributed by atoms with Crippen molar-refractivity contribution < 1.29 is 0 Å². The summed E-state index contributed by atoms with van der Waals surface area (Å²) < 4.78 is 1.90. The third kappa shape index (κ3) is 3.39. The number of anilines is 1. The summed E-state index contributed by atoms with van der Waals surface area (Å²) in [6, 6.07) is 19.1. The van der Waals surface area contributed by atoms with Gasteiger partial charge in [-0.05, 0) is 41.0 Å². The molecule has 0 unspecified atom stereocenters. The molecule has 6 rings (SSSR count). The maximum atomic E-state index is 4.78. The van der Waals surface area contributed by atoms with Crippen LogP contribution < -0.4 is 10.2 Å². The van der Waals surface area contributed by atoms with Gasteiger partial charge in [-0.15, -0.1) is 0 Å². The molecule has 158 valence electrons. The van der Waals surface area contributed by atoms with Crippen molar-refractivity contribution in [3.05, 3.63) is 72.6 Å². The van der Waals surface area contributed by atoms with Gasteiger partial charge in [0, 0.05) is 67.8 Å². The number of piperazine rings is 1. The van der Waals surface area contributed by atoms with Crippen LogP contribution in [0.15, 0.2) is 72.0 Å². The molecule has 0 atom stereocenters. The van der Waals surface area contributed by atoms with E-state index in [2.05, 4.69) is 56.8 Å².